The lowest BCUT2D eigenvalue weighted by Gasteiger charge is -2.13. The molecule has 2 N–H and O–H groups in total. The normalized spacial score (nSPS) is 16.9. The van der Waals surface area contributed by atoms with Crippen molar-refractivity contribution in [2.45, 2.75) is 23.8 Å². The molecule has 1 unspecified atom stereocenters. The van der Waals surface area contributed by atoms with Gasteiger partial charge in [-0.2, -0.15) is 0 Å². The minimum Gasteiger partial charge on any atom is -0.377 e. The van der Waals surface area contributed by atoms with E-state index in [4.69, 9.17) is 27.9 Å². The lowest BCUT2D eigenvalue weighted by Crippen LogP contribution is -2.32. The van der Waals surface area contributed by atoms with Gasteiger partial charge in [-0.15, -0.1) is 0 Å². The molecule has 0 aromatic heterocycles. The van der Waals surface area contributed by atoms with Gasteiger partial charge in [-0.3, -0.25) is 4.79 Å². The summed E-state index contributed by atoms with van der Waals surface area (Å²) in [5, 5.41) is 2.38. The fraction of sp³-hybridized carbons (Fsp3) is 0.278. The van der Waals surface area contributed by atoms with E-state index < -0.39 is 21.7 Å². The highest BCUT2D eigenvalue weighted by atomic mass is 35.5. The summed E-state index contributed by atoms with van der Waals surface area (Å²) in [4.78, 5) is 12.2. The number of ether oxygens (including phenoxy) is 1. The van der Waals surface area contributed by atoms with E-state index >= 15 is 0 Å². The average Bonchev–Trinajstić information content (AvgIpc) is 3.17. The van der Waals surface area contributed by atoms with Crippen molar-refractivity contribution in [2.24, 2.45) is 0 Å². The quantitative estimate of drug-likeness (QED) is 0.705. The third kappa shape index (κ3) is 5.01. The van der Waals surface area contributed by atoms with Crippen LogP contribution in [0.1, 0.15) is 23.2 Å². The van der Waals surface area contributed by atoms with Crippen molar-refractivity contribution in [2.75, 3.05) is 18.5 Å². The molecule has 2 aromatic carbocycles. The Morgan fingerprint density at radius 1 is 1.18 bits per heavy atom. The highest BCUT2D eigenvalue weighted by Crippen LogP contribution is 2.24. The fourth-order valence-electron chi connectivity index (χ4n) is 2.71. The van der Waals surface area contributed by atoms with E-state index in [1.54, 1.807) is 0 Å². The minimum absolute atomic E-state index is 0.0128. The molecule has 6 nitrogen and oxygen atoms in total. The van der Waals surface area contributed by atoms with Gasteiger partial charge in [0.2, 0.25) is 10.0 Å². The van der Waals surface area contributed by atoms with E-state index in [-0.39, 0.29) is 38.8 Å². The number of nitrogens with one attached hydrogen (secondary N) is 2. The van der Waals surface area contributed by atoms with Gasteiger partial charge in [0.1, 0.15) is 10.7 Å². The molecule has 28 heavy (non-hydrogen) atoms. The summed E-state index contributed by atoms with van der Waals surface area (Å²) in [5.41, 5.74) is 0.342. The van der Waals surface area contributed by atoms with Crippen LogP contribution in [0.15, 0.2) is 41.3 Å². The minimum atomic E-state index is -3.93. The number of rotatable bonds is 6. The summed E-state index contributed by atoms with van der Waals surface area (Å²) in [6, 6.07) is 7.61. The number of halogens is 3. The van der Waals surface area contributed by atoms with Crippen LogP contribution in [0.25, 0.3) is 0 Å². The molecule has 0 bridgehead atoms. The molecule has 150 valence electrons. The van der Waals surface area contributed by atoms with Gasteiger partial charge in [-0.05, 0) is 49.2 Å². The Hall–Kier alpha value is -1.71. The molecule has 1 amide bonds. The van der Waals surface area contributed by atoms with Crippen LogP contribution in [0.4, 0.5) is 10.1 Å². The van der Waals surface area contributed by atoms with Crippen LogP contribution in [-0.4, -0.2) is 33.6 Å². The fourth-order valence-corrected chi connectivity index (χ4v) is 4.48. The number of benzene rings is 2. The Morgan fingerprint density at radius 3 is 2.64 bits per heavy atom. The highest BCUT2D eigenvalue weighted by molar-refractivity contribution is 7.89. The zero-order valence-electron chi connectivity index (χ0n) is 14.5. The summed E-state index contributed by atoms with van der Waals surface area (Å²) in [6.45, 7) is 0.735. The highest BCUT2D eigenvalue weighted by Gasteiger charge is 2.23. The van der Waals surface area contributed by atoms with Crippen LogP contribution in [0.2, 0.25) is 10.0 Å². The number of carbonyl (C=O) groups is 1. The maximum atomic E-state index is 13.2. The van der Waals surface area contributed by atoms with Crippen molar-refractivity contribution in [1.82, 2.24) is 4.72 Å². The zero-order valence-corrected chi connectivity index (χ0v) is 16.9. The third-order valence-electron chi connectivity index (χ3n) is 4.19. The second kappa shape index (κ2) is 8.75. The van der Waals surface area contributed by atoms with Crippen molar-refractivity contribution in [1.29, 1.82) is 0 Å². The summed E-state index contributed by atoms with van der Waals surface area (Å²) in [6.07, 6.45) is 1.48. The van der Waals surface area contributed by atoms with E-state index in [1.165, 1.54) is 30.3 Å². The Morgan fingerprint density at radius 2 is 1.96 bits per heavy atom. The monoisotopic (exact) mass is 446 g/mol. The van der Waals surface area contributed by atoms with E-state index in [0.717, 1.165) is 18.9 Å². The first-order valence-electron chi connectivity index (χ1n) is 8.43. The SMILES string of the molecule is O=C(Nc1ccc(F)c(Cl)c1)c1ccc(Cl)c(S(=O)(=O)NCC2CCCO2)c1. The molecule has 3 rings (SSSR count). The van der Waals surface area contributed by atoms with Gasteiger partial charge in [0.05, 0.1) is 16.1 Å². The maximum absolute atomic E-state index is 13.2. The number of sulfonamides is 1. The second-order valence-corrected chi connectivity index (χ2v) is 8.76. The third-order valence-corrected chi connectivity index (χ3v) is 6.38. The van der Waals surface area contributed by atoms with E-state index in [0.29, 0.717) is 6.61 Å². The molecule has 1 aliphatic rings. The molecule has 1 fully saturated rings. The van der Waals surface area contributed by atoms with Gasteiger partial charge < -0.3 is 10.1 Å². The zero-order chi connectivity index (χ0) is 20.3. The smallest absolute Gasteiger partial charge is 0.255 e. The lowest BCUT2D eigenvalue weighted by molar-refractivity contribution is 0.102. The number of anilines is 1. The number of amides is 1. The van der Waals surface area contributed by atoms with Gasteiger partial charge in [0.15, 0.2) is 0 Å². The molecule has 0 radical (unpaired) electrons. The summed E-state index contributed by atoms with van der Waals surface area (Å²) < 4.78 is 46.3. The molecular weight excluding hydrogens is 430 g/mol. The average molecular weight is 447 g/mol. The molecule has 2 aromatic rings. The molecule has 0 aliphatic carbocycles. The first-order valence-corrected chi connectivity index (χ1v) is 10.7. The first kappa shape index (κ1) is 21.0. The number of carbonyl (C=O) groups excluding carboxylic acids is 1. The molecular formula is C18H17Cl2FN2O4S. The maximum Gasteiger partial charge on any atom is 0.255 e. The summed E-state index contributed by atoms with van der Waals surface area (Å²) in [5.74, 6) is -1.20. The van der Waals surface area contributed by atoms with Gasteiger partial charge in [-0.1, -0.05) is 23.2 Å². The van der Waals surface area contributed by atoms with Gasteiger partial charge in [-0.25, -0.2) is 17.5 Å². The second-order valence-electron chi connectivity index (χ2n) is 6.22. The van der Waals surface area contributed by atoms with Crippen LogP contribution in [0.3, 0.4) is 0 Å². The Kier molecular flexibility index (Phi) is 6.57. The molecule has 1 saturated heterocycles. The molecule has 1 aliphatic heterocycles. The Balaban J connectivity index is 1.77. The molecule has 1 atom stereocenters. The van der Waals surface area contributed by atoms with Crippen molar-refractivity contribution < 1.29 is 22.3 Å². The molecule has 0 spiro atoms. The summed E-state index contributed by atoms with van der Waals surface area (Å²) in [7, 11) is -3.93. The van der Waals surface area contributed by atoms with E-state index in [2.05, 4.69) is 10.0 Å². The van der Waals surface area contributed by atoms with Crippen LogP contribution >= 0.6 is 23.2 Å². The van der Waals surface area contributed by atoms with Gasteiger partial charge in [0.25, 0.3) is 5.91 Å². The summed E-state index contributed by atoms with van der Waals surface area (Å²) >= 11 is 11.7. The van der Waals surface area contributed by atoms with Crippen LogP contribution < -0.4 is 10.0 Å². The Bertz CT molecular complexity index is 995. The molecule has 10 heteroatoms. The van der Waals surface area contributed by atoms with Crippen LogP contribution in [-0.2, 0) is 14.8 Å². The topological polar surface area (TPSA) is 84.5 Å². The van der Waals surface area contributed by atoms with Crippen LogP contribution in [0.5, 0.6) is 0 Å². The van der Waals surface area contributed by atoms with E-state index in [1.807, 2.05) is 0 Å². The standard InChI is InChI=1S/C18H17Cl2FN2O4S/c19-14-5-3-11(18(24)23-12-4-6-16(21)15(20)9-12)8-17(14)28(25,26)22-10-13-2-1-7-27-13/h3-6,8-9,13,22H,1-2,7,10H2,(H,23,24). The van der Waals surface area contributed by atoms with Gasteiger partial charge >= 0.3 is 0 Å². The van der Waals surface area contributed by atoms with Gasteiger partial charge in [0, 0.05) is 24.4 Å². The predicted octanol–water partition coefficient (Wildman–Crippen LogP) is 3.84. The van der Waals surface area contributed by atoms with Crippen molar-refractivity contribution in [3.05, 3.63) is 57.8 Å². The number of hydrogen-bond acceptors (Lipinski definition) is 4. The lowest BCUT2D eigenvalue weighted by atomic mass is 10.2. The molecule has 0 saturated carbocycles. The molecule has 1 heterocycles. The van der Waals surface area contributed by atoms with Crippen molar-refractivity contribution in [3.63, 3.8) is 0 Å². The van der Waals surface area contributed by atoms with E-state index in [9.17, 15) is 17.6 Å². The van der Waals surface area contributed by atoms with Crippen molar-refractivity contribution >= 4 is 44.8 Å². The van der Waals surface area contributed by atoms with Crippen molar-refractivity contribution in [3.8, 4) is 0 Å². The Labute approximate surface area is 172 Å². The van der Waals surface area contributed by atoms with Crippen LogP contribution in [0, 0.1) is 5.82 Å². The largest absolute Gasteiger partial charge is 0.377 e. The number of hydrogen-bond donors (Lipinski definition) is 2. The predicted molar refractivity (Wildman–Crippen MR) is 105 cm³/mol. The first-order chi connectivity index (χ1) is 13.3.